The molecule has 2 aliphatic carbocycles. The van der Waals surface area contributed by atoms with Gasteiger partial charge < -0.3 is 9.47 Å². The second kappa shape index (κ2) is 8.65. The Bertz CT molecular complexity index is 786. The lowest BCUT2D eigenvalue weighted by atomic mass is 9.65. The van der Waals surface area contributed by atoms with Gasteiger partial charge in [-0.3, -0.25) is 0 Å². The van der Waals surface area contributed by atoms with Crippen LogP contribution in [0.15, 0.2) is 42.5 Å². The third-order valence-electron chi connectivity index (χ3n) is 6.83. The van der Waals surface area contributed by atoms with Crippen molar-refractivity contribution in [2.75, 3.05) is 13.7 Å². The van der Waals surface area contributed by atoms with Gasteiger partial charge in [0.15, 0.2) is 11.6 Å². The van der Waals surface area contributed by atoms with Gasteiger partial charge in [-0.05, 0) is 92.0 Å². The molecule has 0 heterocycles. The second-order valence-corrected chi connectivity index (χ2v) is 8.39. The molecule has 2 saturated carbocycles. The summed E-state index contributed by atoms with van der Waals surface area (Å²) < 4.78 is 24.9. The molecular weight excluding hydrogens is 351 g/mol. The van der Waals surface area contributed by atoms with Crippen LogP contribution in [0.1, 0.15) is 56.9 Å². The monoisotopic (exact) mass is 382 g/mol. The number of halogens is 1. The van der Waals surface area contributed by atoms with Crippen molar-refractivity contribution in [1.29, 1.82) is 0 Å². The van der Waals surface area contributed by atoms with Crippen molar-refractivity contribution in [3.05, 3.63) is 53.8 Å². The average molecular weight is 383 g/mol. The molecule has 2 fully saturated rings. The van der Waals surface area contributed by atoms with E-state index in [1.165, 1.54) is 51.2 Å². The van der Waals surface area contributed by atoms with Crippen LogP contribution in [0.2, 0.25) is 0 Å². The van der Waals surface area contributed by atoms with Crippen molar-refractivity contribution in [1.82, 2.24) is 0 Å². The first-order valence-electron chi connectivity index (χ1n) is 10.7. The Kier molecular flexibility index (Phi) is 6.01. The molecule has 4 unspecified atom stereocenters. The highest BCUT2D eigenvalue weighted by Gasteiger charge is 2.36. The summed E-state index contributed by atoms with van der Waals surface area (Å²) in [6.45, 7) is 2.95. The molecule has 2 nitrogen and oxygen atoms in total. The van der Waals surface area contributed by atoms with Crippen LogP contribution in [0.25, 0.3) is 11.1 Å². The topological polar surface area (TPSA) is 18.5 Å². The number of rotatable bonds is 5. The van der Waals surface area contributed by atoms with E-state index in [-0.39, 0.29) is 11.6 Å². The van der Waals surface area contributed by atoms with Crippen LogP contribution in [-0.2, 0) is 4.74 Å². The highest BCUT2D eigenvalue weighted by atomic mass is 19.1. The fraction of sp³-hybridized carbons (Fsp3) is 0.520. The van der Waals surface area contributed by atoms with E-state index in [1.807, 2.05) is 6.07 Å². The number of ether oxygens (including phenoxy) is 2. The summed E-state index contributed by atoms with van der Waals surface area (Å²) in [6.07, 6.45) is 8.19. The van der Waals surface area contributed by atoms with E-state index >= 15 is 0 Å². The van der Waals surface area contributed by atoms with Gasteiger partial charge in [0.05, 0.1) is 13.2 Å². The zero-order valence-electron chi connectivity index (χ0n) is 17.0. The molecule has 0 amide bonds. The number of fused-ring (bicyclic) bond motifs is 1. The van der Waals surface area contributed by atoms with E-state index in [0.29, 0.717) is 12.0 Å². The molecule has 0 N–H and O–H groups in total. The first-order chi connectivity index (χ1) is 13.7. The Balaban J connectivity index is 1.42. The summed E-state index contributed by atoms with van der Waals surface area (Å²) in [7, 11) is 1.49. The van der Waals surface area contributed by atoms with Gasteiger partial charge in [-0.15, -0.1) is 0 Å². The van der Waals surface area contributed by atoms with Crippen LogP contribution in [0.5, 0.6) is 5.75 Å². The zero-order chi connectivity index (χ0) is 19.5. The van der Waals surface area contributed by atoms with Gasteiger partial charge in [-0.1, -0.05) is 30.3 Å². The van der Waals surface area contributed by atoms with Crippen molar-refractivity contribution in [2.45, 2.75) is 57.5 Å². The first kappa shape index (κ1) is 19.4. The minimum Gasteiger partial charge on any atom is -0.494 e. The number of methoxy groups -OCH3 is 1. The van der Waals surface area contributed by atoms with Gasteiger partial charge in [0.25, 0.3) is 0 Å². The Morgan fingerprint density at radius 1 is 0.893 bits per heavy atom. The van der Waals surface area contributed by atoms with E-state index < -0.39 is 0 Å². The summed E-state index contributed by atoms with van der Waals surface area (Å²) in [5.41, 5.74) is 3.38. The molecule has 0 aromatic heterocycles. The Morgan fingerprint density at radius 2 is 1.61 bits per heavy atom. The Labute approximate surface area is 168 Å². The van der Waals surface area contributed by atoms with Crippen molar-refractivity contribution < 1.29 is 13.9 Å². The van der Waals surface area contributed by atoms with E-state index in [0.717, 1.165) is 29.6 Å². The Hall–Kier alpha value is -1.87. The molecule has 2 aromatic rings. The van der Waals surface area contributed by atoms with Gasteiger partial charge in [-0.25, -0.2) is 4.39 Å². The fourth-order valence-corrected chi connectivity index (χ4v) is 5.33. The molecule has 2 aromatic carbocycles. The molecule has 0 bridgehead atoms. The minimum absolute atomic E-state index is 0.288. The summed E-state index contributed by atoms with van der Waals surface area (Å²) in [6, 6.07) is 13.9. The lowest BCUT2D eigenvalue weighted by Gasteiger charge is -2.42. The average Bonchev–Trinajstić information content (AvgIpc) is 2.73. The number of hydrogen-bond donors (Lipinski definition) is 0. The van der Waals surface area contributed by atoms with Crippen LogP contribution in [0.4, 0.5) is 4.39 Å². The molecule has 0 spiro atoms. The fourth-order valence-electron chi connectivity index (χ4n) is 5.33. The lowest BCUT2D eigenvalue weighted by Crippen LogP contribution is -2.33. The number of benzene rings is 2. The molecule has 4 atom stereocenters. The van der Waals surface area contributed by atoms with Crippen LogP contribution < -0.4 is 4.74 Å². The van der Waals surface area contributed by atoms with E-state index in [9.17, 15) is 4.39 Å². The third-order valence-corrected chi connectivity index (χ3v) is 6.83. The van der Waals surface area contributed by atoms with Gasteiger partial charge in [-0.2, -0.15) is 0 Å². The van der Waals surface area contributed by atoms with Crippen LogP contribution in [0, 0.1) is 17.7 Å². The number of hydrogen-bond acceptors (Lipinski definition) is 2. The van der Waals surface area contributed by atoms with Gasteiger partial charge in [0.2, 0.25) is 0 Å². The van der Waals surface area contributed by atoms with Crippen LogP contribution >= 0.6 is 0 Å². The van der Waals surface area contributed by atoms with Gasteiger partial charge in [0.1, 0.15) is 0 Å². The van der Waals surface area contributed by atoms with Crippen molar-refractivity contribution in [3.8, 4) is 16.9 Å². The maximum Gasteiger partial charge on any atom is 0.165 e. The first-order valence-corrected chi connectivity index (χ1v) is 10.7. The molecule has 150 valence electrons. The summed E-state index contributed by atoms with van der Waals surface area (Å²) in [5, 5.41) is 0. The van der Waals surface area contributed by atoms with Crippen LogP contribution in [0.3, 0.4) is 0 Å². The predicted octanol–water partition coefficient (Wildman–Crippen LogP) is 6.59. The third kappa shape index (κ3) is 4.10. The molecule has 4 rings (SSSR count). The highest BCUT2D eigenvalue weighted by molar-refractivity contribution is 5.64. The largest absolute Gasteiger partial charge is 0.494 e. The second-order valence-electron chi connectivity index (χ2n) is 8.39. The van der Waals surface area contributed by atoms with Crippen molar-refractivity contribution in [3.63, 3.8) is 0 Å². The van der Waals surface area contributed by atoms with E-state index in [4.69, 9.17) is 9.47 Å². The molecule has 3 heteroatoms. The van der Waals surface area contributed by atoms with E-state index in [1.54, 1.807) is 12.1 Å². The Morgan fingerprint density at radius 3 is 2.32 bits per heavy atom. The van der Waals surface area contributed by atoms with Crippen LogP contribution in [-0.4, -0.2) is 19.8 Å². The SMILES string of the molecule is CCOC1CCC2CC(c3ccc(-c4ccc(OC)c(F)c4)cc3)CCC2C1. The van der Waals surface area contributed by atoms with E-state index in [2.05, 4.69) is 31.2 Å². The molecule has 28 heavy (non-hydrogen) atoms. The summed E-state index contributed by atoms with van der Waals surface area (Å²) >= 11 is 0. The minimum atomic E-state index is -0.315. The molecule has 0 saturated heterocycles. The maximum absolute atomic E-state index is 14.0. The molecule has 0 radical (unpaired) electrons. The smallest absolute Gasteiger partial charge is 0.165 e. The molecule has 0 aliphatic heterocycles. The zero-order valence-corrected chi connectivity index (χ0v) is 17.0. The van der Waals surface area contributed by atoms with Gasteiger partial charge >= 0.3 is 0 Å². The normalized spacial score (nSPS) is 27.2. The molecule has 2 aliphatic rings. The van der Waals surface area contributed by atoms with Gasteiger partial charge in [0, 0.05) is 6.61 Å². The summed E-state index contributed by atoms with van der Waals surface area (Å²) in [4.78, 5) is 0. The molecular formula is C25H31FO2. The standard InChI is InChI=1S/C25H31FO2/c1-3-28-23-12-10-20-14-19(8-9-21(20)15-23)17-4-6-18(7-5-17)22-11-13-25(27-2)24(26)16-22/h4-7,11,13,16,19-21,23H,3,8-10,12,14-15H2,1-2H3. The highest BCUT2D eigenvalue weighted by Crippen LogP contribution is 2.46. The maximum atomic E-state index is 14.0. The summed E-state index contributed by atoms with van der Waals surface area (Å²) in [5.74, 6) is 2.33. The van der Waals surface area contributed by atoms with Crippen molar-refractivity contribution in [2.24, 2.45) is 11.8 Å². The quantitative estimate of drug-likeness (QED) is 0.581. The predicted molar refractivity (Wildman–Crippen MR) is 111 cm³/mol. The van der Waals surface area contributed by atoms with Crippen molar-refractivity contribution >= 4 is 0 Å². The lowest BCUT2D eigenvalue weighted by molar-refractivity contribution is -0.00955.